The summed E-state index contributed by atoms with van der Waals surface area (Å²) >= 11 is 0. The molecule has 7 heteroatoms. The molecule has 0 spiro atoms. The van der Waals surface area contributed by atoms with Crippen LogP contribution in [0.5, 0.6) is 5.75 Å². The van der Waals surface area contributed by atoms with E-state index in [-0.39, 0.29) is 11.6 Å². The van der Waals surface area contributed by atoms with Gasteiger partial charge in [-0.2, -0.15) is 0 Å². The molecule has 0 saturated carbocycles. The van der Waals surface area contributed by atoms with Gasteiger partial charge in [0.1, 0.15) is 5.75 Å². The van der Waals surface area contributed by atoms with Gasteiger partial charge in [-0.3, -0.25) is 4.79 Å². The van der Waals surface area contributed by atoms with Crippen molar-refractivity contribution in [3.63, 3.8) is 0 Å². The van der Waals surface area contributed by atoms with E-state index in [9.17, 15) is 4.79 Å². The smallest absolute Gasteiger partial charge is 0.276 e. The molecule has 0 radical (unpaired) electrons. The lowest BCUT2D eigenvalue weighted by atomic mass is 10.2. The summed E-state index contributed by atoms with van der Waals surface area (Å²) in [5, 5.41) is 10.2. The molecule has 1 aromatic carbocycles. The number of nitrogens with one attached hydrogen (secondary N) is 2. The quantitative estimate of drug-likeness (QED) is 0.562. The van der Waals surface area contributed by atoms with Gasteiger partial charge in [0, 0.05) is 0 Å². The Morgan fingerprint density at radius 2 is 2.05 bits per heavy atom. The zero-order chi connectivity index (χ0) is 14.4. The number of hydrogen-bond acceptors (Lipinski definition) is 6. The van der Waals surface area contributed by atoms with Crippen LogP contribution in [0, 0.1) is 0 Å². The average molecular weight is 273 g/mol. The van der Waals surface area contributed by atoms with Crippen LogP contribution in [0.15, 0.2) is 36.4 Å². The monoisotopic (exact) mass is 273 g/mol. The molecule has 0 bridgehead atoms. The summed E-state index contributed by atoms with van der Waals surface area (Å²) in [6, 6.07) is 10.3. The number of para-hydroxylation sites is 2. The fourth-order valence-corrected chi connectivity index (χ4v) is 1.57. The second-order valence-electron chi connectivity index (χ2n) is 3.83. The van der Waals surface area contributed by atoms with Crippen molar-refractivity contribution in [2.45, 2.75) is 6.92 Å². The highest BCUT2D eigenvalue weighted by atomic mass is 16.5. The van der Waals surface area contributed by atoms with Crippen molar-refractivity contribution in [2.24, 2.45) is 5.84 Å². The molecule has 1 heterocycles. The van der Waals surface area contributed by atoms with Crippen molar-refractivity contribution in [1.82, 2.24) is 10.2 Å². The van der Waals surface area contributed by atoms with Crippen molar-refractivity contribution in [2.75, 3.05) is 17.3 Å². The predicted molar refractivity (Wildman–Crippen MR) is 75.4 cm³/mol. The van der Waals surface area contributed by atoms with E-state index >= 15 is 0 Å². The largest absolute Gasteiger partial charge is 0.492 e. The molecule has 1 amide bonds. The standard InChI is InChI=1S/C13H15N5O2/c1-2-20-11-6-4-3-5-9(11)15-13(19)10-7-8-12(16-14)18-17-10/h3-8H,2,14H2,1H3,(H,15,19)(H,16,18). The van der Waals surface area contributed by atoms with Gasteiger partial charge in [-0.25, -0.2) is 5.84 Å². The summed E-state index contributed by atoms with van der Waals surface area (Å²) in [6.07, 6.45) is 0. The van der Waals surface area contributed by atoms with Gasteiger partial charge in [0.25, 0.3) is 5.91 Å². The summed E-state index contributed by atoms with van der Waals surface area (Å²) < 4.78 is 5.43. The topological polar surface area (TPSA) is 102 Å². The number of ether oxygens (including phenoxy) is 1. The number of benzene rings is 1. The molecule has 0 aliphatic heterocycles. The van der Waals surface area contributed by atoms with E-state index in [0.717, 1.165) is 0 Å². The highest BCUT2D eigenvalue weighted by Gasteiger charge is 2.11. The molecule has 2 aromatic rings. The number of rotatable bonds is 5. The molecule has 1 aromatic heterocycles. The highest BCUT2D eigenvalue weighted by Crippen LogP contribution is 2.24. The summed E-state index contributed by atoms with van der Waals surface area (Å²) in [5.74, 6) is 5.81. The summed E-state index contributed by atoms with van der Waals surface area (Å²) in [6.45, 7) is 2.40. The number of carbonyl (C=O) groups is 1. The van der Waals surface area contributed by atoms with Crippen LogP contribution in [0.2, 0.25) is 0 Å². The molecule has 0 aliphatic rings. The Labute approximate surface area is 116 Å². The molecule has 4 N–H and O–H groups in total. The van der Waals surface area contributed by atoms with Gasteiger partial charge in [0.05, 0.1) is 12.3 Å². The molecule has 0 fully saturated rings. The van der Waals surface area contributed by atoms with Gasteiger partial charge < -0.3 is 15.5 Å². The van der Waals surface area contributed by atoms with Gasteiger partial charge in [-0.05, 0) is 31.2 Å². The maximum absolute atomic E-state index is 12.0. The van der Waals surface area contributed by atoms with E-state index in [1.807, 2.05) is 19.1 Å². The van der Waals surface area contributed by atoms with E-state index in [2.05, 4.69) is 20.9 Å². The summed E-state index contributed by atoms with van der Waals surface area (Å²) in [4.78, 5) is 12.0. The Kier molecular flexibility index (Phi) is 4.46. The third-order valence-corrected chi connectivity index (χ3v) is 2.48. The van der Waals surface area contributed by atoms with Crippen LogP contribution in [-0.4, -0.2) is 22.7 Å². The molecule has 0 atom stereocenters. The average Bonchev–Trinajstić information content (AvgIpc) is 2.49. The number of hydrazine groups is 1. The van der Waals surface area contributed by atoms with E-state index in [1.165, 1.54) is 6.07 Å². The maximum atomic E-state index is 12.0. The molecule has 104 valence electrons. The fourth-order valence-electron chi connectivity index (χ4n) is 1.57. The molecule has 0 unspecified atom stereocenters. The summed E-state index contributed by atoms with van der Waals surface area (Å²) in [5.41, 5.74) is 3.12. The Hall–Kier alpha value is -2.67. The van der Waals surface area contributed by atoms with E-state index in [4.69, 9.17) is 10.6 Å². The second-order valence-corrected chi connectivity index (χ2v) is 3.83. The zero-order valence-electron chi connectivity index (χ0n) is 11.0. The Balaban J connectivity index is 2.14. The Bertz CT molecular complexity index is 586. The van der Waals surface area contributed by atoms with Crippen LogP contribution >= 0.6 is 0 Å². The number of aromatic nitrogens is 2. The first-order chi connectivity index (χ1) is 9.74. The van der Waals surface area contributed by atoms with Crippen LogP contribution in [0.1, 0.15) is 17.4 Å². The van der Waals surface area contributed by atoms with Crippen molar-refractivity contribution in [1.29, 1.82) is 0 Å². The number of nitrogens with two attached hydrogens (primary N) is 1. The third kappa shape index (κ3) is 3.21. The first kappa shape index (κ1) is 13.8. The molecular weight excluding hydrogens is 258 g/mol. The SMILES string of the molecule is CCOc1ccccc1NC(=O)c1ccc(NN)nn1. The minimum absolute atomic E-state index is 0.190. The molecule has 20 heavy (non-hydrogen) atoms. The van der Waals surface area contributed by atoms with Crippen LogP contribution in [0.3, 0.4) is 0 Å². The molecular formula is C13H15N5O2. The third-order valence-electron chi connectivity index (χ3n) is 2.48. The van der Waals surface area contributed by atoms with Gasteiger partial charge in [-0.15, -0.1) is 10.2 Å². The molecule has 7 nitrogen and oxygen atoms in total. The van der Waals surface area contributed by atoms with E-state index in [1.54, 1.807) is 18.2 Å². The second kappa shape index (κ2) is 6.48. The lowest BCUT2D eigenvalue weighted by Crippen LogP contribution is -2.16. The minimum Gasteiger partial charge on any atom is -0.492 e. The van der Waals surface area contributed by atoms with Gasteiger partial charge >= 0.3 is 0 Å². The maximum Gasteiger partial charge on any atom is 0.276 e. The number of carbonyl (C=O) groups excluding carboxylic acids is 1. The van der Waals surface area contributed by atoms with Gasteiger partial charge in [-0.1, -0.05) is 12.1 Å². The molecule has 2 rings (SSSR count). The van der Waals surface area contributed by atoms with Gasteiger partial charge in [0.2, 0.25) is 0 Å². The first-order valence-corrected chi connectivity index (χ1v) is 6.08. The lowest BCUT2D eigenvalue weighted by Gasteiger charge is -2.10. The lowest BCUT2D eigenvalue weighted by molar-refractivity contribution is 0.102. The number of amides is 1. The first-order valence-electron chi connectivity index (χ1n) is 6.08. The Morgan fingerprint density at radius 1 is 1.25 bits per heavy atom. The van der Waals surface area contributed by atoms with Crippen molar-refractivity contribution in [3.8, 4) is 5.75 Å². The number of nitrogen functional groups attached to an aromatic ring is 1. The van der Waals surface area contributed by atoms with E-state index < -0.39 is 0 Å². The molecule has 0 aliphatic carbocycles. The predicted octanol–water partition coefficient (Wildman–Crippen LogP) is 1.41. The fraction of sp³-hybridized carbons (Fsp3) is 0.154. The summed E-state index contributed by atoms with van der Waals surface area (Å²) in [7, 11) is 0. The van der Waals surface area contributed by atoms with Crippen LogP contribution in [-0.2, 0) is 0 Å². The number of hydrogen-bond donors (Lipinski definition) is 3. The van der Waals surface area contributed by atoms with Crippen molar-refractivity contribution in [3.05, 3.63) is 42.1 Å². The number of anilines is 2. The van der Waals surface area contributed by atoms with Crippen LogP contribution in [0.25, 0.3) is 0 Å². The van der Waals surface area contributed by atoms with E-state index in [0.29, 0.717) is 23.9 Å². The van der Waals surface area contributed by atoms with Gasteiger partial charge in [0.15, 0.2) is 11.5 Å². The Morgan fingerprint density at radius 3 is 2.70 bits per heavy atom. The zero-order valence-corrected chi connectivity index (χ0v) is 11.0. The van der Waals surface area contributed by atoms with Crippen LogP contribution in [0.4, 0.5) is 11.5 Å². The molecule has 0 saturated heterocycles. The highest BCUT2D eigenvalue weighted by molar-refractivity contribution is 6.03. The number of nitrogens with zero attached hydrogens (tertiary/aromatic N) is 2. The van der Waals surface area contributed by atoms with Crippen molar-refractivity contribution >= 4 is 17.4 Å². The normalized spacial score (nSPS) is 9.90. The van der Waals surface area contributed by atoms with Crippen molar-refractivity contribution < 1.29 is 9.53 Å². The van der Waals surface area contributed by atoms with Crippen LogP contribution < -0.4 is 21.3 Å². The minimum atomic E-state index is -0.367.